The predicted molar refractivity (Wildman–Crippen MR) is 129 cm³/mol. The van der Waals surface area contributed by atoms with Crippen LogP contribution in [-0.2, 0) is 19.1 Å². The van der Waals surface area contributed by atoms with Crippen molar-refractivity contribution in [3.05, 3.63) is 22.8 Å². The molecule has 1 saturated carbocycles. The van der Waals surface area contributed by atoms with Gasteiger partial charge >= 0.3 is 5.97 Å². The van der Waals surface area contributed by atoms with Gasteiger partial charge in [0.05, 0.1) is 18.1 Å². The first-order valence-electron chi connectivity index (χ1n) is 13.7. The Morgan fingerprint density at radius 3 is 2.60 bits per heavy atom. The zero-order chi connectivity index (χ0) is 25.1. The van der Waals surface area contributed by atoms with Crippen LogP contribution in [0.15, 0.2) is 22.8 Å². The molecule has 0 amide bonds. The molecule has 0 aromatic rings. The van der Waals surface area contributed by atoms with Crippen molar-refractivity contribution in [1.29, 1.82) is 0 Å². The van der Waals surface area contributed by atoms with Gasteiger partial charge in [-0.1, -0.05) is 39.3 Å². The molecule has 2 aliphatic heterocycles. The lowest BCUT2D eigenvalue weighted by molar-refractivity contribution is -0.179. The van der Waals surface area contributed by atoms with Crippen LogP contribution in [-0.4, -0.2) is 52.0 Å². The third-order valence-electron chi connectivity index (χ3n) is 11.3. The number of Topliss-reactive ketones (excluding diaryl/α,β-unsaturated/α-hetero) is 1. The van der Waals surface area contributed by atoms with E-state index in [1.165, 1.54) is 18.1 Å². The van der Waals surface area contributed by atoms with Crippen LogP contribution in [0.25, 0.3) is 0 Å². The highest BCUT2D eigenvalue weighted by molar-refractivity contribution is 5.88. The average Bonchev–Trinajstić information content (AvgIpc) is 3.41. The molecule has 2 N–H and O–H groups in total. The predicted octanol–water partition coefficient (Wildman–Crippen LogP) is 3.89. The van der Waals surface area contributed by atoms with E-state index >= 15 is 0 Å². The zero-order valence-electron chi connectivity index (χ0n) is 21.7. The number of rotatable bonds is 3. The first-order valence-corrected chi connectivity index (χ1v) is 13.7. The van der Waals surface area contributed by atoms with Crippen molar-refractivity contribution in [1.82, 2.24) is 0 Å². The van der Waals surface area contributed by atoms with Crippen molar-refractivity contribution < 1.29 is 29.3 Å². The first kappa shape index (κ1) is 23.9. The van der Waals surface area contributed by atoms with Crippen molar-refractivity contribution in [2.75, 3.05) is 0 Å². The van der Waals surface area contributed by atoms with Crippen molar-refractivity contribution in [2.24, 2.45) is 34.5 Å². The van der Waals surface area contributed by atoms with Crippen LogP contribution in [0.3, 0.4) is 0 Å². The monoisotopic (exact) mass is 484 g/mol. The van der Waals surface area contributed by atoms with Crippen LogP contribution in [0, 0.1) is 34.5 Å². The van der Waals surface area contributed by atoms with Gasteiger partial charge in [-0.3, -0.25) is 9.59 Å². The number of fused-ring (bicyclic) bond motifs is 8. The van der Waals surface area contributed by atoms with Gasteiger partial charge < -0.3 is 19.7 Å². The summed E-state index contributed by atoms with van der Waals surface area (Å²) >= 11 is 0. The minimum atomic E-state index is -1.75. The molecule has 3 fully saturated rings. The van der Waals surface area contributed by atoms with E-state index in [0.29, 0.717) is 5.92 Å². The van der Waals surface area contributed by atoms with Crippen LogP contribution >= 0.6 is 0 Å². The maximum absolute atomic E-state index is 13.3. The fourth-order valence-electron chi connectivity index (χ4n) is 9.17. The van der Waals surface area contributed by atoms with E-state index in [-0.39, 0.29) is 40.7 Å². The Morgan fingerprint density at radius 1 is 1.17 bits per heavy atom. The number of cyclic esters (lactones) is 1. The maximum atomic E-state index is 13.3. The summed E-state index contributed by atoms with van der Waals surface area (Å²) in [6.45, 7) is 9.64. The summed E-state index contributed by atoms with van der Waals surface area (Å²) in [6.07, 6.45) is 7.28. The molecule has 192 valence electrons. The molecule has 6 nitrogen and oxygen atoms in total. The van der Waals surface area contributed by atoms with E-state index in [0.717, 1.165) is 44.9 Å². The largest absolute Gasteiger partial charge is 0.456 e. The number of hydrogen-bond donors (Lipinski definition) is 2. The number of esters is 1. The Morgan fingerprint density at radius 2 is 1.91 bits per heavy atom. The summed E-state index contributed by atoms with van der Waals surface area (Å²) in [6, 6.07) is 0. The molecule has 0 spiro atoms. The standard InChI is InChI=1S/C29H40O6/c1-14(2)29(33,15(3)30)25-24-22(26(32)35-25)23-21(34-24)13-20-18-7-6-16-12-17(31)8-10-27(16,4)19(18)9-11-28(20,23)5/h13-14,16-17,21-25,31,33H,6-12H2,1-5H3/t16-,17-,21-,22-,23+,24+,25-,27-,28-,29+/m0/s1. The van der Waals surface area contributed by atoms with E-state index in [9.17, 15) is 19.8 Å². The van der Waals surface area contributed by atoms with Gasteiger partial charge in [0, 0.05) is 5.92 Å². The minimum absolute atomic E-state index is 0.0314. The van der Waals surface area contributed by atoms with Crippen molar-refractivity contribution in [2.45, 2.75) is 110 Å². The normalized spacial score (nSPS) is 47.8. The Labute approximate surface area is 208 Å². The lowest BCUT2D eigenvalue weighted by Gasteiger charge is -2.53. The maximum Gasteiger partial charge on any atom is 0.312 e. The van der Waals surface area contributed by atoms with Crippen molar-refractivity contribution >= 4 is 11.8 Å². The number of carbonyl (C=O) groups excluding carboxylic acids is 2. The van der Waals surface area contributed by atoms with Gasteiger partial charge in [-0.05, 0) is 85.7 Å². The first-order chi connectivity index (χ1) is 16.4. The van der Waals surface area contributed by atoms with Crippen molar-refractivity contribution in [3.8, 4) is 0 Å². The third kappa shape index (κ3) is 2.93. The minimum Gasteiger partial charge on any atom is -0.456 e. The number of ketones is 1. The van der Waals surface area contributed by atoms with Crippen LogP contribution in [0.1, 0.15) is 79.6 Å². The molecule has 0 bridgehead atoms. The summed E-state index contributed by atoms with van der Waals surface area (Å²) in [5.74, 6) is -1.06. The van der Waals surface area contributed by atoms with Crippen LogP contribution in [0.5, 0.6) is 0 Å². The highest BCUT2D eigenvalue weighted by Crippen LogP contribution is 2.67. The molecule has 2 heterocycles. The second-order valence-corrected chi connectivity index (χ2v) is 13.0. The summed E-state index contributed by atoms with van der Waals surface area (Å²) in [5, 5.41) is 21.6. The second kappa shape index (κ2) is 7.52. The molecule has 0 aromatic carbocycles. The number of ether oxygens (including phenoxy) is 2. The molecule has 2 saturated heterocycles. The molecule has 10 atom stereocenters. The van der Waals surface area contributed by atoms with Crippen LogP contribution < -0.4 is 0 Å². The van der Waals surface area contributed by atoms with E-state index in [4.69, 9.17) is 9.47 Å². The van der Waals surface area contributed by atoms with E-state index in [1.54, 1.807) is 19.4 Å². The molecule has 0 unspecified atom stereocenters. The Hall–Kier alpha value is -1.50. The van der Waals surface area contributed by atoms with Gasteiger partial charge in [-0.25, -0.2) is 0 Å². The van der Waals surface area contributed by atoms with Crippen LogP contribution in [0.2, 0.25) is 0 Å². The summed E-state index contributed by atoms with van der Waals surface area (Å²) in [5.41, 5.74) is 2.65. The lowest BCUT2D eigenvalue weighted by Crippen LogP contribution is -2.57. The number of hydrogen-bond acceptors (Lipinski definition) is 6. The summed E-state index contributed by atoms with van der Waals surface area (Å²) < 4.78 is 12.3. The molecule has 6 aliphatic rings. The molecular weight excluding hydrogens is 444 g/mol. The van der Waals surface area contributed by atoms with Gasteiger partial charge in [0.15, 0.2) is 17.5 Å². The number of aliphatic hydroxyl groups is 2. The molecule has 6 rings (SSSR count). The highest BCUT2D eigenvalue weighted by Gasteiger charge is 2.69. The summed E-state index contributed by atoms with van der Waals surface area (Å²) in [7, 11) is 0. The molecule has 6 heteroatoms. The molecule has 0 aromatic heterocycles. The van der Waals surface area contributed by atoms with E-state index in [1.807, 2.05) is 0 Å². The fraction of sp³-hybridized carbons (Fsp3) is 0.793. The van der Waals surface area contributed by atoms with Crippen molar-refractivity contribution in [3.63, 3.8) is 0 Å². The van der Waals surface area contributed by atoms with Gasteiger partial charge in [0.25, 0.3) is 0 Å². The van der Waals surface area contributed by atoms with Crippen LogP contribution in [0.4, 0.5) is 0 Å². The SMILES string of the molecule is CC(=O)[C@](O)(C(C)C)[C@H]1OC(=O)[C@@H]2[C@H]1O[C@H]1C=C3C4=C(CC[C@]3(C)[C@@H]21)[C@@]1(C)CC[C@H](O)C[C@@H]1CC4. The fourth-order valence-corrected chi connectivity index (χ4v) is 9.17. The van der Waals surface area contributed by atoms with Gasteiger partial charge in [0.2, 0.25) is 0 Å². The quantitative estimate of drug-likeness (QED) is 0.591. The Bertz CT molecular complexity index is 1040. The number of aliphatic hydroxyl groups excluding tert-OH is 1. The third-order valence-corrected chi connectivity index (χ3v) is 11.3. The zero-order valence-corrected chi connectivity index (χ0v) is 21.7. The van der Waals surface area contributed by atoms with Gasteiger partial charge in [-0.2, -0.15) is 0 Å². The summed E-state index contributed by atoms with van der Waals surface area (Å²) in [4.78, 5) is 25.8. The smallest absolute Gasteiger partial charge is 0.312 e. The van der Waals surface area contributed by atoms with Gasteiger partial charge in [-0.15, -0.1) is 0 Å². The second-order valence-electron chi connectivity index (χ2n) is 13.0. The number of allylic oxidation sites excluding steroid dienone is 3. The highest BCUT2D eigenvalue weighted by atomic mass is 16.6. The molecule has 0 radical (unpaired) electrons. The topological polar surface area (TPSA) is 93.1 Å². The molecule has 4 aliphatic carbocycles. The molecule has 35 heavy (non-hydrogen) atoms. The Kier molecular flexibility index (Phi) is 5.13. The van der Waals surface area contributed by atoms with E-state index in [2.05, 4.69) is 19.9 Å². The molecular formula is C29H40O6. The Balaban J connectivity index is 1.36. The number of carbonyl (C=O) groups is 2. The lowest BCUT2D eigenvalue weighted by atomic mass is 9.51. The van der Waals surface area contributed by atoms with Gasteiger partial charge in [0.1, 0.15) is 6.10 Å². The average molecular weight is 485 g/mol. The van der Waals surface area contributed by atoms with E-state index < -0.39 is 29.6 Å².